The number of hydrogen-bond donors (Lipinski definition) is 5. The Balaban J connectivity index is 4.96. The van der Waals surface area contributed by atoms with Gasteiger partial charge in [-0.2, -0.15) is 0 Å². The number of nitrogens with two attached hydrogens (primary N) is 2. The Hall–Kier alpha value is -2.16. The maximum Gasteiger partial charge on any atom is 0.326 e. The van der Waals surface area contributed by atoms with Crippen LogP contribution >= 0.6 is 0 Å². The van der Waals surface area contributed by atoms with Gasteiger partial charge in [0.2, 0.25) is 17.7 Å². The summed E-state index contributed by atoms with van der Waals surface area (Å²) in [5.41, 5.74) is 10.4. The highest BCUT2D eigenvalue weighted by molar-refractivity contribution is 5.93. The molecule has 126 valence electrons. The van der Waals surface area contributed by atoms with Crippen molar-refractivity contribution in [3.05, 3.63) is 0 Å². The zero-order valence-corrected chi connectivity index (χ0v) is 13.0. The molecule has 0 aliphatic rings. The fourth-order valence-corrected chi connectivity index (χ4v) is 1.68. The molecule has 0 unspecified atom stereocenters. The second-order valence-electron chi connectivity index (χ2n) is 5.55. The molecule has 7 N–H and O–H groups in total. The van der Waals surface area contributed by atoms with Crippen molar-refractivity contribution in [3.8, 4) is 0 Å². The fourth-order valence-electron chi connectivity index (χ4n) is 1.68. The quantitative estimate of drug-likeness (QED) is 0.340. The van der Waals surface area contributed by atoms with E-state index in [0.29, 0.717) is 6.42 Å². The van der Waals surface area contributed by atoms with Gasteiger partial charge in [0.25, 0.3) is 0 Å². The van der Waals surface area contributed by atoms with Crippen LogP contribution in [0.3, 0.4) is 0 Å². The number of carbonyl (C=O) groups excluding carboxylic acids is 3. The van der Waals surface area contributed by atoms with Crippen molar-refractivity contribution in [1.29, 1.82) is 0 Å². The SMILES string of the molecule is CC(C)C[C@H](NC(=O)[C@H](C)N)C(=O)N[C@@H](CC(N)=O)C(=O)O. The van der Waals surface area contributed by atoms with Gasteiger partial charge < -0.3 is 27.2 Å². The van der Waals surface area contributed by atoms with E-state index in [2.05, 4.69) is 10.6 Å². The van der Waals surface area contributed by atoms with E-state index in [4.69, 9.17) is 16.6 Å². The van der Waals surface area contributed by atoms with E-state index in [1.54, 1.807) is 0 Å². The van der Waals surface area contributed by atoms with Crippen molar-refractivity contribution in [1.82, 2.24) is 10.6 Å². The number of carboxylic acid groups (broad SMARTS) is 1. The van der Waals surface area contributed by atoms with Crippen LogP contribution in [0.2, 0.25) is 0 Å². The zero-order valence-electron chi connectivity index (χ0n) is 13.0. The molecule has 0 rings (SSSR count). The van der Waals surface area contributed by atoms with Crippen molar-refractivity contribution in [3.63, 3.8) is 0 Å². The van der Waals surface area contributed by atoms with E-state index in [9.17, 15) is 19.2 Å². The molecule has 0 aromatic carbocycles. The number of nitrogens with one attached hydrogen (secondary N) is 2. The molecule has 0 spiro atoms. The Morgan fingerprint density at radius 3 is 1.86 bits per heavy atom. The highest BCUT2D eigenvalue weighted by Crippen LogP contribution is 2.06. The van der Waals surface area contributed by atoms with Crippen LogP contribution < -0.4 is 22.1 Å². The van der Waals surface area contributed by atoms with Gasteiger partial charge in [-0.1, -0.05) is 13.8 Å². The van der Waals surface area contributed by atoms with E-state index in [0.717, 1.165) is 0 Å². The van der Waals surface area contributed by atoms with E-state index in [1.165, 1.54) is 6.92 Å². The van der Waals surface area contributed by atoms with Gasteiger partial charge in [0.15, 0.2) is 0 Å². The zero-order chi connectivity index (χ0) is 17.4. The van der Waals surface area contributed by atoms with E-state index < -0.39 is 48.2 Å². The van der Waals surface area contributed by atoms with Crippen LogP contribution in [0.25, 0.3) is 0 Å². The molecule has 0 fully saturated rings. The predicted molar refractivity (Wildman–Crippen MR) is 78.4 cm³/mol. The minimum Gasteiger partial charge on any atom is -0.480 e. The fraction of sp³-hybridized carbons (Fsp3) is 0.692. The molecule has 0 aliphatic carbocycles. The monoisotopic (exact) mass is 316 g/mol. The molecule has 0 heterocycles. The van der Waals surface area contributed by atoms with Gasteiger partial charge in [-0.15, -0.1) is 0 Å². The van der Waals surface area contributed by atoms with Crippen molar-refractivity contribution in [2.75, 3.05) is 0 Å². The number of hydrogen-bond acceptors (Lipinski definition) is 5. The highest BCUT2D eigenvalue weighted by atomic mass is 16.4. The van der Waals surface area contributed by atoms with Crippen molar-refractivity contribution in [2.45, 2.75) is 51.7 Å². The van der Waals surface area contributed by atoms with E-state index in [1.807, 2.05) is 13.8 Å². The normalized spacial score (nSPS) is 14.8. The van der Waals surface area contributed by atoms with Crippen molar-refractivity contribution < 1.29 is 24.3 Å². The lowest BCUT2D eigenvalue weighted by Crippen LogP contribution is -2.54. The molecule has 0 aromatic heterocycles. The van der Waals surface area contributed by atoms with Gasteiger partial charge in [-0.3, -0.25) is 14.4 Å². The lowest BCUT2D eigenvalue weighted by atomic mass is 10.0. The smallest absolute Gasteiger partial charge is 0.326 e. The van der Waals surface area contributed by atoms with Gasteiger partial charge >= 0.3 is 5.97 Å². The first kappa shape index (κ1) is 19.8. The molecule has 22 heavy (non-hydrogen) atoms. The lowest BCUT2D eigenvalue weighted by molar-refractivity contribution is -0.143. The molecule has 0 radical (unpaired) electrons. The molecular weight excluding hydrogens is 292 g/mol. The van der Waals surface area contributed by atoms with Crippen LogP contribution in [0.1, 0.15) is 33.6 Å². The summed E-state index contributed by atoms with van der Waals surface area (Å²) in [6.07, 6.45) is -0.232. The number of carboxylic acids is 1. The third kappa shape index (κ3) is 7.58. The summed E-state index contributed by atoms with van der Waals surface area (Å²) < 4.78 is 0. The summed E-state index contributed by atoms with van der Waals surface area (Å²) in [7, 11) is 0. The molecule has 0 saturated carbocycles. The van der Waals surface area contributed by atoms with Gasteiger partial charge in [0.05, 0.1) is 12.5 Å². The number of carbonyl (C=O) groups is 4. The first-order valence-corrected chi connectivity index (χ1v) is 6.92. The second-order valence-corrected chi connectivity index (χ2v) is 5.55. The lowest BCUT2D eigenvalue weighted by Gasteiger charge is -2.23. The second kappa shape index (κ2) is 8.98. The number of amides is 3. The average molecular weight is 316 g/mol. The summed E-state index contributed by atoms with van der Waals surface area (Å²) >= 11 is 0. The van der Waals surface area contributed by atoms with Gasteiger partial charge in [0, 0.05) is 0 Å². The summed E-state index contributed by atoms with van der Waals surface area (Å²) in [6.45, 7) is 5.15. The first-order valence-electron chi connectivity index (χ1n) is 6.92. The van der Waals surface area contributed by atoms with Crippen LogP contribution in [-0.4, -0.2) is 46.9 Å². The van der Waals surface area contributed by atoms with Crippen LogP contribution in [0, 0.1) is 5.92 Å². The topological polar surface area (TPSA) is 165 Å². The third-order valence-corrected chi connectivity index (χ3v) is 2.77. The number of primary amides is 1. The standard InChI is InChI=1S/C13H24N4O5/c1-6(2)4-8(16-11(19)7(3)14)12(20)17-9(13(21)22)5-10(15)18/h6-9H,4-5,14H2,1-3H3,(H2,15,18)(H,16,19)(H,17,20)(H,21,22)/t7-,8-,9-/m0/s1. The molecule has 9 nitrogen and oxygen atoms in total. The molecule has 0 bridgehead atoms. The Morgan fingerprint density at radius 2 is 1.50 bits per heavy atom. The number of aliphatic carboxylic acids is 1. The van der Waals surface area contributed by atoms with Crippen LogP contribution in [0.5, 0.6) is 0 Å². The number of rotatable bonds is 9. The molecule has 0 saturated heterocycles. The van der Waals surface area contributed by atoms with Crippen LogP contribution in [0.15, 0.2) is 0 Å². The third-order valence-electron chi connectivity index (χ3n) is 2.77. The maximum absolute atomic E-state index is 12.2. The summed E-state index contributed by atoms with van der Waals surface area (Å²) in [6, 6.07) is -3.18. The predicted octanol–water partition coefficient (Wildman–Crippen LogP) is -1.69. The van der Waals surface area contributed by atoms with Gasteiger partial charge in [-0.05, 0) is 19.3 Å². The van der Waals surface area contributed by atoms with Crippen molar-refractivity contribution in [2.24, 2.45) is 17.4 Å². The maximum atomic E-state index is 12.2. The minimum atomic E-state index is -1.44. The molecule has 3 atom stereocenters. The molecule has 9 heteroatoms. The minimum absolute atomic E-state index is 0.0727. The molecule has 0 aromatic rings. The van der Waals surface area contributed by atoms with E-state index in [-0.39, 0.29) is 5.92 Å². The largest absolute Gasteiger partial charge is 0.480 e. The van der Waals surface area contributed by atoms with Crippen LogP contribution in [-0.2, 0) is 19.2 Å². The van der Waals surface area contributed by atoms with Gasteiger partial charge in [-0.25, -0.2) is 4.79 Å². The molecule has 0 aliphatic heterocycles. The average Bonchev–Trinajstić information content (AvgIpc) is 2.35. The highest BCUT2D eigenvalue weighted by Gasteiger charge is 2.28. The van der Waals surface area contributed by atoms with Crippen LogP contribution in [0.4, 0.5) is 0 Å². The Bertz CT molecular complexity index is 436. The molecular formula is C13H24N4O5. The summed E-state index contributed by atoms with van der Waals surface area (Å²) in [5.74, 6) is -3.39. The summed E-state index contributed by atoms with van der Waals surface area (Å²) in [5, 5.41) is 13.6. The Morgan fingerprint density at radius 1 is 1.00 bits per heavy atom. The van der Waals surface area contributed by atoms with Gasteiger partial charge in [0.1, 0.15) is 12.1 Å². The Labute approximate surface area is 128 Å². The van der Waals surface area contributed by atoms with E-state index >= 15 is 0 Å². The molecule has 3 amide bonds. The summed E-state index contributed by atoms with van der Waals surface area (Å²) in [4.78, 5) is 45.6. The first-order chi connectivity index (χ1) is 10.0. The van der Waals surface area contributed by atoms with Crippen molar-refractivity contribution >= 4 is 23.7 Å². The Kier molecular flexibility index (Phi) is 8.10.